The molecule has 1 aromatic carbocycles. The third-order valence-electron chi connectivity index (χ3n) is 8.25. The molecule has 6 nitrogen and oxygen atoms in total. The van der Waals surface area contributed by atoms with E-state index in [1.807, 2.05) is 11.0 Å². The molecule has 2 saturated heterocycles. The summed E-state index contributed by atoms with van der Waals surface area (Å²) >= 11 is 0. The molecule has 1 amide bonds. The number of amides is 1. The molecule has 6 heteroatoms. The lowest BCUT2D eigenvalue weighted by Crippen LogP contribution is -2.63. The Balaban J connectivity index is 1.41. The molecule has 3 heterocycles. The van der Waals surface area contributed by atoms with Crippen molar-refractivity contribution < 1.29 is 19.0 Å². The second kappa shape index (κ2) is 6.64. The van der Waals surface area contributed by atoms with Gasteiger partial charge in [-0.25, -0.2) is 4.79 Å². The van der Waals surface area contributed by atoms with E-state index in [1.165, 1.54) is 17.5 Å². The summed E-state index contributed by atoms with van der Waals surface area (Å²) in [5, 5.41) is 0. The summed E-state index contributed by atoms with van der Waals surface area (Å²) in [5.74, 6) is 2.83. The lowest BCUT2D eigenvalue weighted by atomic mass is 9.53. The highest BCUT2D eigenvalue weighted by atomic mass is 16.6. The number of benzene rings is 1. The van der Waals surface area contributed by atoms with Gasteiger partial charge in [0.2, 0.25) is 0 Å². The number of piperidine rings is 2. The summed E-state index contributed by atoms with van der Waals surface area (Å²) in [5.41, 5.74) is 2.56. The number of hydrogen-bond donors (Lipinski definition) is 0. The van der Waals surface area contributed by atoms with E-state index >= 15 is 0 Å². The van der Waals surface area contributed by atoms with Crippen LogP contribution in [0.5, 0.6) is 11.5 Å². The Morgan fingerprint density at radius 1 is 1.20 bits per heavy atom. The van der Waals surface area contributed by atoms with Crippen molar-refractivity contribution >= 4 is 6.09 Å². The van der Waals surface area contributed by atoms with Gasteiger partial charge in [0.15, 0.2) is 17.6 Å². The monoisotopic (exact) mass is 410 g/mol. The van der Waals surface area contributed by atoms with Crippen molar-refractivity contribution in [1.29, 1.82) is 0 Å². The Hall–Kier alpha value is -2.21. The lowest BCUT2D eigenvalue weighted by Gasteiger charge is -2.56. The zero-order valence-electron chi connectivity index (χ0n) is 17.9. The highest BCUT2D eigenvalue weighted by Crippen LogP contribution is 2.63. The van der Waals surface area contributed by atoms with Gasteiger partial charge in [-0.15, -0.1) is 0 Å². The molecule has 0 radical (unpaired) electrons. The third kappa shape index (κ3) is 2.37. The second-order valence-corrected chi connectivity index (χ2v) is 9.54. The predicted molar refractivity (Wildman–Crippen MR) is 112 cm³/mol. The molecule has 5 aliphatic rings. The van der Waals surface area contributed by atoms with Gasteiger partial charge >= 0.3 is 6.09 Å². The Morgan fingerprint density at radius 2 is 2.03 bits per heavy atom. The van der Waals surface area contributed by atoms with Gasteiger partial charge in [-0.2, -0.15) is 0 Å². The molecule has 0 unspecified atom stereocenters. The zero-order valence-corrected chi connectivity index (χ0v) is 17.9. The van der Waals surface area contributed by atoms with Crippen LogP contribution in [0.25, 0.3) is 0 Å². The average Bonchev–Trinajstić information content (AvgIpc) is 3.13. The van der Waals surface area contributed by atoms with Crippen LogP contribution in [-0.2, 0) is 16.6 Å². The van der Waals surface area contributed by atoms with E-state index in [-0.39, 0.29) is 17.6 Å². The third-order valence-corrected chi connectivity index (χ3v) is 8.25. The maximum atomic E-state index is 12.9. The van der Waals surface area contributed by atoms with Crippen LogP contribution in [0.15, 0.2) is 24.0 Å². The van der Waals surface area contributed by atoms with Gasteiger partial charge in [0.05, 0.1) is 7.11 Å². The minimum Gasteiger partial charge on any atom is -0.493 e. The molecule has 2 bridgehead atoms. The van der Waals surface area contributed by atoms with E-state index < -0.39 is 0 Å². The van der Waals surface area contributed by atoms with Gasteiger partial charge in [0.25, 0.3) is 0 Å². The van der Waals surface area contributed by atoms with Crippen LogP contribution in [0.2, 0.25) is 0 Å². The first-order valence-electron chi connectivity index (χ1n) is 11.4. The second-order valence-electron chi connectivity index (χ2n) is 9.54. The molecule has 3 aliphatic heterocycles. The van der Waals surface area contributed by atoms with Crippen molar-refractivity contribution in [3.8, 4) is 11.5 Å². The zero-order chi connectivity index (χ0) is 20.5. The van der Waals surface area contributed by atoms with Crippen LogP contribution in [0.1, 0.15) is 43.2 Å². The molecule has 2 aliphatic carbocycles. The van der Waals surface area contributed by atoms with E-state index in [2.05, 4.69) is 24.1 Å². The highest BCUT2D eigenvalue weighted by Gasteiger charge is 2.64. The van der Waals surface area contributed by atoms with Crippen molar-refractivity contribution in [3.05, 3.63) is 35.1 Å². The van der Waals surface area contributed by atoms with E-state index in [4.69, 9.17) is 14.2 Å². The Morgan fingerprint density at radius 3 is 2.83 bits per heavy atom. The van der Waals surface area contributed by atoms with Gasteiger partial charge in [0, 0.05) is 30.1 Å². The summed E-state index contributed by atoms with van der Waals surface area (Å²) < 4.78 is 18.3. The van der Waals surface area contributed by atoms with Crippen molar-refractivity contribution in [2.45, 2.75) is 56.1 Å². The minimum absolute atomic E-state index is 0.124. The van der Waals surface area contributed by atoms with Gasteiger partial charge in [-0.05, 0) is 75.7 Å². The number of hydrogen-bond acceptors (Lipinski definition) is 5. The van der Waals surface area contributed by atoms with Crippen LogP contribution in [0.3, 0.4) is 0 Å². The Kier molecular flexibility index (Phi) is 4.11. The van der Waals surface area contributed by atoms with Crippen molar-refractivity contribution in [3.63, 3.8) is 0 Å². The molecule has 4 atom stereocenters. The van der Waals surface area contributed by atoms with E-state index in [0.29, 0.717) is 17.7 Å². The van der Waals surface area contributed by atoms with Gasteiger partial charge in [-0.3, -0.25) is 0 Å². The first kappa shape index (κ1) is 18.6. The number of ether oxygens (including phenoxy) is 3. The number of carbonyl (C=O) groups excluding carboxylic acids is 1. The van der Waals surface area contributed by atoms with E-state index in [0.717, 1.165) is 63.2 Å². The van der Waals surface area contributed by atoms with Crippen LogP contribution in [0, 0.1) is 5.92 Å². The molecule has 6 rings (SSSR count). The first-order valence-corrected chi connectivity index (χ1v) is 11.4. The van der Waals surface area contributed by atoms with Crippen molar-refractivity contribution in [2.24, 2.45) is 5.92 Å². The maximum Gasteiger partial charge on any atom is 0.415 e. The lowest BCUT2D eigenvalue weighted by molar-refractivity contribution is -0.0266. The molecule has 1 aromatic rings. The van der Waals surface area contributed by atoms with Crippen LogP contribution < -0.4 is 9.47 Å². The van der Waals surface area contributed by atoms with E-state index in [9.17, 15) is 4.79 Å². The molecule has 0 N–H and O–H groups in total. The van der Waals surface area contributed by atoms with E-state index in [1.54, 1.807) is 7.11 Å². The molecule has 2 fully saturated rings. The summed E-state index contributed by atoms with van der Waals surface area (Å²) in [6, 6.07) is 4.74. The van der Waals surface area contributed by atoms with Crippen molar-refractivity contribution in [2.75, 3.05) is 33.8 Å². The fourth-order valence-electron chi connectivity index (χ4n) is 6.81. The first-order chi connectivity index (χ1) is 14.6. The predicted octanol–water partition coefficient (Wildman–Crippen LogP) is 3.48. The number of nitrogens with zero attached hydrogens (tertiary/aromatic N) is 2. The molecule has 30 heavy (non-hydrogen) atoms. The molecular weight excluding hydrogens is 380 g/mol. The number of methoxy groups -OCH3 is 1. The van der Waals surface area contributed by atoms with Crippen LogP contribution >= 0.6 is 0 Å². The minimum atomic E-state index is -0.244. The summed E-state index contributed by atoms with van der Waals surface area (Å²) in [6.07, 6.45) is 7.95. The topological polar surface area (TPSA) is 51.2 Å². The summed E-state index contributed by atoms with van der Waals surface area (Å²) in [4.78, 5) is 17.3. The largest absolute Gasteiger partial charge is 0.493 e. The summed E-state index contributed by atoms with van der Waals surface area (Å²) in [7, 11) is 3.94. The highest BCUT2D eigenvalue weighted by molar-refractivity contribution is 5.70. The molecule has 1 spiro atoms. The number of likely N-dealkylation sites (tertiary alicyclic amines) is 2. The van der Waals surface area contributed by atoms with Crippen LogP contribution in [0.4, 0.5) is 4.79 Å². The molecular formula is C24H30N2O4. The standard InChI is InChI=1S/C24H30N2O4/c1-25-13-10-24-16-7-9-19(29-23(27)26-11-4-3-5-12-26)22(24)30-21-18(28-2)8-6-15(20(21)24)14-17(16)25/h6,8-9,16-17,22H,3-5,7,10-14H2,1-2H3/t16-,17+,22-,24-/m0/s1. The summed E-state index contributed by atoms with van der Waals surface area (Å²) in [6.45, 7) is 2.61. The van der Waals surface area contributed by atoms with Crippen molar-refractivity contribution in [1.82, 2.24) is 9.80 Å². The fourth-order valence-corrected chi connectivity index (χ4v) is 6.81. The maximum absolute atomic E-state index is 12.9. The van der Waals surface area contributed by atoms with Gasteiger partial charge in [-0.1, -0.05) is 6.07 Å². The number of carbonyl (C=O) groups is 1. The number of allylic oxidation sites excluding steroid dienone is 1. The quantitative estimate of drug-likeness (QED) is 0.747. The normalized spacial score (nSPS) is 34.0. The molecule has 0 aromatic heterocycles. The van der Waals surface area contributed by atoms with Crippen LogP contribution in [-0.4, -0.2) is 61.8 Å². The molecule has 160 valence electrons. The van der Waals surface area contributed by atoms with Gasteiger partial charge < -0.3 is 24.0 Å². The Bertz CT molecular complexity index is 922. The Labute approximate surface area is 177 Å². The fraction of sp³-hybridized carbons (Fsp3) is 0.625. The SMILES string of the molecule is COc1ccc2c3c1O[C@H]1C(OC(=O)N4CCCCC4)=CC[C@H]4[C@@H](C2)N(C)CC[C@]314. The average molecular weight is 411 g/mol. The number of rotatable bonds is 2. The van der Waals surface area contributed by atoms with Gasteiger partial charge in [0.1, 0.15) is 5.76 Å². The smallest absolute Gasteiger partial charge is 0.415 e. The molecule has 0 saturated carbocycles. The number of likely N-dealkylation sites (N-methyl/N-ethyl adjacent to an activating group) is 1.